The van der Waals surface area contributed by atoms with Crippen molar-refractivity contribution in [3.05, 3.63) is 0 Å². The van der Waals surface area contributed by atoms with Crippen molar-refractivity contribution in [1.29, 1.82) is 0 Å². The van der Waals surface area contributed by atoms with Crippen LogP contribution in [0, 0.1) is 0 Å². The lowest BCUT2D eigenvalue weighted by molar-refractivity contribution is -0.314. The number of likely N-dealkylation sites (N-methyl/N-ethyl adjacent to an activating group) is 1. The zero-order valence-corrected chi connectivity index (χ0v) is 29.3. The number of hydrogen-bond acceptors (Lipinski definition) is 19. The highest BCUT2D eigenvalue weighted by Crippen LogP contribution is 2.38. The molecule has 0 aromatic carbocycles. The molecule has 16 atom stereocenters. The van der Waals surface area contributed by atoms with E-state index in [-0.39, 0.29) is 25.6 Å². The monoisotopic (exact) mass is 759 g/mol. The third kappa shape index (κ3) is 11.5. The topological polar surface area (TPSA) is 395 Å². The maximum Gasteiger partial charge on any atom is 0.188 e. The quantitative estimate of drug-likeness (QED) is 0.0283. The van der Waals surface area contributed by atoms with Crippen molar-refractivity contribution >= 4 is 18.2 Å². The van der Waals surface area contributed by atoms with Gasteiger partial charge in [-0.25, -0.2) is 9.98 Å². The first-order chi connectivity index (χ1) is 24.5. The SMILES string of the molecule is CC(CCOCCO)OCCO.CN[C@@H]1[C@H](O[C@H]2[C@H](O[C@H]3[C@H](O)[C@@H](O)[C@H](N=C(N)N)[C@@H](O)[C@@H]3N=C(N)N)O[C@@H](C)[C@]2(O)C=O)O[C@@H](CO)[C@H](O)[C@H]1O. The number of ether oxygens (including phenoxy) is 6. The van der Waals surface area contributed by atoms with Crippen LogP contribution in [0.5, 0.6) is 0 Å². The number of aliphatic hydroxyl groups is 9. The van der Waals surface area contributed by atoms with E-state index >= 15 is 0 Å². The summed E-state index contributed by atoms with van der Waals surface area (Å²) < 4.78 is 33.2. The lowest BCUT2D eigenvalue weighted by Crippen LogP contribution is -2.66. The zero-order chi connectivity index (χ0) is 39.3. The Bertz CT molecular complexity index is 1120. The molecule has 1 unspecified atom stereocenters. The molecule has 2 saturated heterocycles. The Morgan fingerprint density at radius 2 is 1.46 bits per heavy atom. The van der Waals surface area contributed by atoms with Gasteiger partial charge in [0.1, 0.15) is 60.9 Å². The predicted octanol–water partition coefficient (Wildman–Crippen LogP) is -8.38. The van der Waals surface area contributed by atoms with E-state index in [1.165, 1.54) is 14.0 Å². The van der Waals surface area contributed by atoms with Gasteiger partial charge in [0.05, 0.1) is 51.3 Å². The Morgan fingerprint density at radius 3 is 2.00 bits per heavy atom. The molecule has 3 aliphatic rings. The second kappa shape index (κ2) is 21.5. The predicted molar refractivity (Wildman–Crippen MR) is 178 cm³/mol. The molecule has 1 saturated carbocycles. The Kier molecular flexibility index (Phi) is 18.9. The van der Waals surface area contributed by atoms with Gasteiger partial charge in [-0.15, -0.1) is 0 Å². The third-order valence-corrected chi connectivity index (χ3v) is 8.73. The van der Waals surface area contributed by atoms with Gasteiger partial charge in [-0.05, 0) is 27.3 Å². The molecule has 0 radical (unpaired) electrons. The number of nitrogens with two attached hydrogens (primary N) is 4. The Morgan fingerprint density at radius 1 is 0.846 bits per heavy atom. The van der Waals surface area contributed by atoms with Gasteiger partial charge in [0, 0.05) is 6.61 Å². The fourth-order valence-electron chi connectivity index (χ4n) is 5.83. The minimum Gasteiger partial charge on any atom is -0.394 e. The summed E-state index contributed by atoms with van der Waals surface area (Å²) in [6.45, 7) is 4.02. The van der Waals surface area contributed by atoms with Crippen LogP contribution in [0.3, 0.4) is 0 Å². The van der Waals surface area contributed by atoms with E-state index in [2.05, 4.69) is 15.3 Å². The highest BCUT2D eigenvalue weighted by molar-refractivity contribution is 5.76. The number of carbonyl (C=O) groups is 1. The van der Waals surface area contributed by atoms with Crippen LogP contribution >= 0.6 is 0 Å². The second-order valence-electron chi connectivity index (χ2n) is 12.4. The van der Waals surface area contributed by atoms with Gasteiger partial charge in [0.2, 0.25) is 0 Å². The van der Waals surface area contributed by atoms with Crippen LogP contribution in [-0.2, 0) is 33.2 Å². The van der Waals surface area contributed by atoms with Gasteiger partial charge in [0.25, 0.3) is 0 Å². The van der Waals surface area contributed by atoms with E-state index in [0.29, 0.717) is 19.8 Å². The molecular weight excluding hydrogens is 702 g/mol. The van der Waals surface area contributed by atoms with Crippen molar-refractivity contribution < 1.29 is 79.2 Å². The van der Waals surface area contributed by atoms with Gasteiger partial charge in [-0.1, -0.05) is 0 Å². The molecule has 2 heterocycles. The fourth-order valence-corrected chi connectivity index (χ4v) is 5.83. The van der Waals surface area contributed by atoms with Crippen molar-refractivity contribution in [2.45, 2.75) is 118 Å². The van der Waals surface area contributed by atoms with Gasteiger partial charge in [0.15, 0.2) is 36.4 Å². The Hall–Kier alpha value is -2.43. The first-order valence-corrected chi connectivity index (χ1v) is 16.6. The summed E-state index contributed by atoms with van der Waals surface area (Å²) in [7, 11) is 1.42. The summed E-state index contributed by atoms with van der Waals surface area (Å²) in [6, 6.07) is -4.08. The smallest absolute Gasteiger partial charge is 0.188 e. The van der Waals surface area contributed by atoms with Gasteiger partial charge >= 0.3 is 0 Å². The highest BCUT2D eigenvalue weighted by Gasteiger charge is 2.60. The largest absolute Gasteiger partial charge is 0.394 e. The summed E-state index contributed by atoms with van der Waals surface area (Å²) in [5.41, 5.74) is 19.4. The first kappa shape index (κ1) is 45.7. The van der Waals surface area contributed by atoms with Crippen molar-refractivity contribution in [2.75, 3.05) is 46.7 Å². The molecule has 0 spiro atoms. The Balaban J connectivity index is 0.000000667. The number of aldehydes is 1. The van der Waals surface area contributed by atoms with E-state index in [1.807, 2.05) is 6.92 Å². The summed E-state index contributed by atoms with van der Waals surface area (Å²) in [5.74, 6) is -1.03. The second-order valence-corrected chi connectivity index (χ2v) is 12.4. The maximum atomic E-state index is 12.1. The highest BCUT2D eigenvalue weighted by atomic mass is 16.8. The minimum absolute atomic E-state index is 0.0574. The number of nitrogens with zero attached hydrogens (tertiary/aromatic N) is 2. The van der Waals surface area contributed by atoms with E-state index in [4.69, 9.17) is 61.6 Å². The number of hydrogen-bond donors (Lipinski definition) is 14. The van der Waals surface area contributed by atoms with Crippen molar-refractivity contribution in [3.63, 3.8) is 0 Å². The summed E-state index contributed by atoms with van der Waals surface area (Å²) in [6.07, 6.45) is -16.4. The molecule has 304 valence electrons. The van der Waals surface area contributed by atoms with Gasteiger partial charge in [-0.3, -0.25) is 4.79 Å². The van der Waals surface area contributed by atoms with Crippen LogP contribution in [0.4, 0.5) is 0 Å². The molecule has 0 aromatic rings. The van der Waals surface area contributed by atoms with E-state index < -0.39 is 110 Å². The number of carbonyl (C=O) groups excluding carboxylic acids is 1. The minimum atomic E-state index is -2.38. The average Bonchev–Trinajstić information content (AvgIpc) is 3.34. The lowest BCUT2D eigenvalue weighted by Gasteiger charge is -2.45. The number of aliphatic hydroxyl groups excluding tert-OH is 8. The summed E-state index contributed by atoms with van der Waals surface area (Å²) in [5, 5.41) is 93.5. The van der Waals surface area contributed by atoms with Crippen LogP contribution in [0.2, 0.25) is 0 Å². The molecule has 3 fully saturated rings. The third-order valence-electron chi connectivity index (χ3n) is 8.73. The molecule has 0 aromatic heterocycles. The molecule has 0 amide bonds. The average molecular weight is 760 g/mol. The van der Waals surface area contributed by atoms with E-state index in [9.17, 15) is 40.5 Å². The van der Waals surface area contributed by atoms with Crippen molar-refractivity contribution in [1.82, 2.24) is 5.32 Å². The van der Waals surface area contributed by atoms with Crippen LogP contribution in [0.15, 0.2) is 9.98 Å². The van der Waals surface area contributed by atoms with Gasteiger partial charge in [-0.2, -0.15) is 0 Å². The standard InChI is InChI=1S/C21H39N7O12.C8H18O4/c1-5-21(36,4-30)16(40-17-9(26-2)13(34)10(31)6(3-29)38-17)18(37-5)39-15-8(28-20(24)25)11(32)7(27-19(22)23)12(33)14(15)35;1-8(12-7-4-10)2-5-11-6-3-9/h4-18,26,29,31-36H,3H2,1-2H3,(H4,22,23,27)(H4,24,25,28);8-10H,2-7H2,1H3/t5-,6-,7+,8-,9-,10-,11+,12-,13-,14+,15+,16-,17-,18-,21+;/m0./s1. The van der Waals surface area contributed by atoms with E-state index in [1.54, 1.807) is 0 Å². The molecule has 23 heteroatoms. The maximum absolute atomic E-state index is 12.1. The van der Waals surface area contributed by atoms with Crippen LogP contribution in [0.25, 0.3) is 0 Å². The molecule has 1 aliphatic carbocycles. The number of guanidine groups is 2. The molecular formula is C29H57N7O16. The molecule has 23 nitrogen and oxygen atoms in total. The van der Waals surface area contributed by atoms with Crippen molar-refractivity contribution in [2.24, 2.45) is 32.9 Å². The van der Waals surface area contributed by atoms with Crippen molar-refractivity contribution in [3.8, 4) is 0 Å². The van der Waals surface area contributed by atoms with Gasteiger partial charge < -0.3 is 103 Å². The van der Waals surface area contributed by atoms with Crippen LogP contribution in [0.1, 0.15) is 20.3 Å². The lowest BCUT2D eigenvalue weighted by atomic mass is 9.81. The van der Waals surface area contributed by atoms with Crippen LogP contribution < -0.4 is 28.3 Å². The van der Waals surface area contributed by atoms with E-state index in [0.717, 1.165) is 6.42 Å². The molecule has 2 aliphatic heterocycles. The molecule has 18 N–H and O–H groups in total. The summed E-state index contributed by atoms with van der Waals surface area (Å²) in [4.78, 5) is 19.7. The number of aliphatic imine (C=N–C) groups is 2. The molecule has 0 bridgehead atoms. The molecule has 52 heavy (non-hydrogen) atoms. The fraction of sp³-hybridized carbons (Fsp3) is 0.897. The zero-order valence-electron chi connectivity index (χ0n) is 29.3. The first-order valence-electron chi connectivity index (χ1n) is 16.6. The van der Waals surface area contributed by atoms with Crippen LogP contribution in [-0.4, -0.2) is 208 Å². The Labute approximate surface area is 300 Å². The number of rotatable bonds is 17. The number of nitrogens with one attached hydrogen (secondary N) is 1. The summed E-state index contributed by atoms with van der Waals surface area (Å²) >= 11 is 0. The molecule has 3 rings (SSSR count). The normalized spacial score (nSPS) is 39.5.